The van der Waals surface area contributed by atoms with Crippen molar-refractivity contribution in [2.75, 3.05) is 6.54 Å². The first-order chi connectivity index (χ1) is 10.7. The first-order valence-corrected chi connectivity index (χ1v) is 9.17. The van der Waals surface area contributed by atoms with Crippen LogP contribution in [0.3, 0.4) is 0 Å². The number of nitrogens with zero attached hydrogens (tertiary/aromatic N) is 1. The fourth-order valence-electron chi connectivity index (χ4n) is 3.21. The normalized spacial score (nSPS) is 20.7. The summed E-state index contributed by atoms with van der Waals surface area (Å²) < 4.78 is 1.03. The summed E-state index contributed by atoms with van der Waals surface area (Å²) in [7, 11) is 0. The number of halogens is 1. The first kappa shape index (κ1) is 15.7. The summed E-state index contributed by atoms with van der Waals surface area (Å²) in [5, 5.41) is 13.8. The zero-order chi connectivity index (χ0) is 15.5. The van der Waals surface area contributed by atoms with Crippen LogP contribution in [-0.2, 0) is 4.79 Å². The molecule has 2 heterocycles. The third kappa shape index (κ3) is 3.12. The molecule has 0 amide bonds. The Labute approximate surface area is 142 Å². The van der Waals surface area contributed by atoms with E-state index >= 15 is 0 Å². The highest BCUT2D eigenvalue weighted by atomic mass is 79.9. The number of carbonyl (C=O) groups is 1. The highest BCUT2D eigenvalue weighted by Crippen LogP contribution is 2.38. The average Bonchev–Trinajstić information content (AvgIpc) is 3.04. The van der Waals surface area contributed by atoms with Crippen molar-refractivity contribution in [3.8, 4) is 0 Å². The van der Waals surface area contributed by atoms with Gasteiger partial charge in [0, 0.05) is 4.47 Å². The minimum atomic E-state index is -0.716. The Kier molecular flexibility index (Phi) is 4.96. The SMILES string of the molecule is O=C(O)C1CCCCN1C(c1ccsc1)c1ccccc1Br. The maximum atomic E-state index is 11.7. The molecule has 1 aliphatic rings. The highest BCUT2D eigenvalue weighted by molar-refractivity contribution is 9.10. The van der Waals surface area contributed by atoms with Gasteiger partial charge in [-0.3, -0.25) is 9.69 Å². The molecule has 2 atom stereocenters. The molecule has 0 bridgehead atoms. The van der Waals surface area contributed by atoms with E-state index < -0.39 is 12.0 Å². The molecular weight excluding hydrogens is 362 g/mol. The molecule has 5 heteroatoms. The maximum absolute atomic E-state index is 11.7. The summed E-state index contributed by atoms with van der Waals surface area (Å²) >= 11 is 5.29. The van der Waals surface area contributed by atoms with E-state index in [0.717, 1.165) is 35.8 Å². The molecule has 22 heavy (non-hydrogen) atoms. The quantitative estimate of drug-likeness (QED) is 0.847. The van der Waals surface area contributed by atoms with E-state index in [0.29, 0.717) is 0 Å². The van der Waals surface area contributed by atoms with Gasteiger partial charge in [0.1, 0.15) is 6.04 Å². The summed E-state index contributed by atoms with van der Waals surface area (Å²) in [6.45, 7) is 0.818. The van der Waals surface area contributed by atoms with Crippen LogP contribution in [0.5, 0.6) is 0 Å². The fourth-order valence-corrected chi connectivity index (χ4v) is 4.39. The minimum Gasteiger partial charge on any atom is -0.480 e. The van der Waals surface area contributed by atoms with Crippen LogP contribution in [0.15, 0.2) is 45.6 Å². The number of piperidine rings is 1. The van der Waals surface area contributed by atoms with Crippen molar-refractivity contribution in [2.45, 2.75) is 31.3 Å². The van der Waals surface area contributed by atoms with Crippen LogP contribution in [0.25, 0.3) is 0 Å². The van der Waals surface area contributed by atoms with Gasteiger partial charge in [-0.15, -0.1) is 0 Å². The molecule has 1 saturated heterocycles. The van der Waals surface area contributed by atoms with Crippen molar-refractivity contribution < 1.29 is 9.90 Å². The smallest absolute Gasteiger partial charge is 0.320 e. The van der Waals surface area contributed by atoms with Crippen molar-refractivity contribution in [2.24, 2.45) is 0 Å². The van der Waals surface area contributed by atoms with E-state index in [2.05, 4.69) is 43.7 Å². The van der Waals surface area contributed by atoms with Gasteiger partial charge in [-0.2, -0.15) is 11.3 Å². The number of thiophene rings is 1. The number of carboxylic acids is 1. The summed E-state index contributed by atoms with van der Waals surface area (Å²) in [6, 6.07) is 9.79. The second-order valence-corrected chi connectivity index (χ2v) is 7.20. The van der Waals surface area contributed by atoms with Crippen LogP contribution < -0.4 is 0 Å². The fraction of sp³-hybridized carbons (Fsp3) is 0.353. The second kappa shape index (κ2) is 6.94. The topological polar surface area (TPSA) is 40.5 Å². The van der Waals surface area contributed by atoms with Gasteiger partial charge in [0.15, 0.2) is 0 Å². The molecule has 2 aromatic rings. The maximum Gasteiger partial charge on any atom is 0.320 e. The molecule has 1 N–H and O–H groups in total. The van der Waals surface area contributed by atoms with Crippen molar-refractivity contribution in [1.82, 2.24) is 4.90 Å². The van der Waals surface area contributed by atoms with E-state index in [9.17, 15) is 9.90 Å². The number of benzene rings is 1. The Balaban J connectivity index is 2.05. The molecule has 116 valence electrons. The lowest BCUT2D eigenvalue weighted by Crippen LogP contribution is -2.46. The molecule has 0 saturated carbocycles. The number of aliphatic carboxylic acids is 1. The molecule has 1 aromatic carbocycles. The van der Waals surface area contributed by atoms with Gasteiger partial charge >= 0.3 is 5.97 Å². The van der Waals surface area contributed by atoms with Gasteiger partial charge in [0.2, 0.25) is 0 Å². The van der Waals surface area contributed by atoms with Crippen LogP contribution in [0, 0.1) is 0 Å². The van der Waals surface area contributed by atoms with E-state index in [4.69, 9.17) is 0 Å². The number of likely N-dealkylation sites (tertiary alicyclic amines) is 1. The molecule has 0 spiro atoms. The van der Waals surface area contributed by atoms with Gasteiger partial charge in [-0.1, -0.05) is 40.5 Å². The predicted molar refractivity (Wildman–Crippen MR) is 92.3 cm³/mol. The third-order valence-corrected chi connectivity index (χ3v) is 5.64. The molecule has 3 nitrogen and oxygen atoms in total. The van der Waals surface area contributed by atoms with Crippen LogP contribution in [0.1, 0.15) is 36.4 Å². The lowest BCUT2D eigenvalue weighted by Gasteiger charge is -2.39. The predicted octanol–water partition coefficient (Wildman–Crippen LogP) is 4.54. The Bertz CT molecular complexity index is 644. The Hall–Kier alpha value is -1.17. The largest absolute Gasteiger partial charge is 0.480 e. The lowest BCUT2D eigenvalue weighted by atomic mass is 9.93. The van der Waals surface area contributed by atoms with E-state index in [1.54, 1.807) is 11.3 Å². The number of carboxylic acid groups (broad SMARTS) is 1. The van der Waals surface area contributed by atoms with Gasteiger partial charge in [-0.05, 0) is 53.4 Å². The van der Waals surface area contributed by atoms with E-state index in [-0.39, 0.29) is 6.04 Å². The molecule has 0 radical (unpaired) electrons. The molecular formula is C17H18BrNO2S. The lowest BCUT2D eigenvalue weighted by molar-refractivity contribution is -0.145. The van der Waals surface area contributed by atoms with Crippen molar-refractivity contribution >= 4 is 33.2 Å². The summed E-state index contributed by atoms with van der Waals surface area (Å²) in [6.07, 6.45) is 2.76. The third-order valence-electron chi connectivity index (χ3n) is 4.22. The Morgan fingerprint density at radius 1 is 1.32 bits per heavy atom. The van der Waals surface area contributed by atoms with Crippen molar-refractivity contribution in [1.29, 1.82) is 0 Å². The second-order valence-electron chi connectivity index (χ2n) is 5.57. The molecule has 1 fully saturated rings. The Morgan fingerprint density at radius 2 is 2.14 bits per heavy atom. The number of hydrogen-bond acceptors (Lipinski definition) is 3. The summed E-state index contributed by atoms with van der Waals surface area (Å²) in [5.74, 6) is -0.716. The van der Waals surface area contributed by atoms with Crippen molar-refractivity contribution in [3.05, 3.63) is 56.7 Å². The monoisotopic (exact) mass is 379 g/mol. The van der Waals surface area contributed by atoms with E-state index in [1.807, 2.05) is 18.2 Å². The van der Waals surface area contributed by atoms with Gasteiger partial charge in [-0.25, -0.2) is 0 Å². The van der Waals surface area contributed by atoms with Crippen LogP contribution >= 0.6 is 27.3 Å². The number of hydrogen-bond donors (Lipinski definition) is 1. The number of rotatable bonds is 4. The van der Waals surface area contributed by atoms with Crippen LogP contribution in [0.4, 0.5) is 0 Å². The summed E-state index contributed by atoms with van der Waals surface area (Å²) in [5.41, 5.74) is 2.30. The molecule has 2 unspecified atom stereocenters. The summed E-state index contributed by atoms with van der Waals surface area (Å²) in [4.78, 5) is 13.9. The minimum absolute atomic E-state index is 0.0109. The van der Waals surface area contributed by atoms with Crippen molar-refractivity contribution in [3.63, 3.8) is 0 Å². The molecule has 0 aliphatic carbocycles. The van der Waals surface area contributed by atoms with Gasteiger partial charge in [0.25, 0.3) is 0 Å². The van der Waals surface area contributed by atoms with Gasteiger partial charge in [0.05, 0.1) is 6.04 Å². The Morgan fingerprint density at radius 3 is 2.82 bits per heavy atom. The van der Waals surface area contributed by atoms with Gasteiger partial charge < -0.3 is 5.11 Å². The standard InChI is InChI=1S/C17H18BrNO2S/c18-14-6-2-1-5-13(14)16(12-8-10-22-11-12)19-9-4-3-7-15(19)17(20)21/h1-2,5-6,8,10-11,15-16H,3-4,7,9H2,(H,20,21). The zero-order valence-electron chi connectivity index (χ0n) is 12.1. The first-order valence-electron chi connectivity index (χ1n) is 7.43. The molecule has 1 aliphatic heterocycles. The molecule has 3 rings (SSSR count). The highest BCUT2D eigenvalue weighted by Gasteiger charge is 2.35. The van der Waals surface area contributed by atoms with Crippen LogP contribution in [-0.4, -0.2) is 28.6 Å². The average molecular weight is 380 g/mol. The van der Waals surface area contributed by atoms with E-state index in [1.165, 1.54) is 5.56 Å². The van der Waals surface area contributed by atoms with Crippen LogP contribution in [0.2, 0.25) is 0 Å². The molecule has 1 aromatic heterocycles. The zero-order valence-corrected chi connectivity index (χ0v) is 14.5.